The molecule has 108 valence electrons. The van der Waals surface area contributed by atoms with Gasteiger partial charge in [0.05, 0.1) is 10.6 Å². The third-order valence-corrected chi connectivity index (χ3v) is 4.36. The maximum Gasteiger partial charge on any atom is 0.342 e. The van der Waals surface area contributed by atoms with Crippen molar-refractivity contribution in [2.24, 2.45) is 0 Å². The summed E-state index contributed by atoms with van der Waals surface area (Å²) in [6.45, 7) is 0. The molecule has 0 saturated heterocycles. The maximum atomic E-state index is 11.2. The number of fused-ring (bicyclic) bond motifs is 1. The second-order valence-corrected chi connectivity index (χ2v) is 5.72. The van der Waals surface area contributed by atoms with Gasteiger partial charge in [-0.3, -0.25) is 10.1 Å². The molecule has 1 heterocycles. The van der Waals surface area contributed by atoms with Crippen molar-refractivity contribution in [3.05, 3.63) is 44.4 Å². The lowest BCUT2D eigenvalue weighted by atomic mass is 10.1. The van der Waals surface area contributed by atoms with Crippen LogP contribution >= 0.6 is 11.3 Å². The van der Waals surface area contributed by atoms with Crippen LogP contribution in [0.15, 0.2) is 18.2 Å². The zero-order valence-electron chi connectivity index (χ0n) is 10.8. The summed E-state index contributed by atoms with van der Waals surface area (Å²) in [5.74, 6) is -1.33. The number of anilines is 2. The van der Waals surface area contributed by atoms with Crippen LogP contribution in [0.4, 0.5) is 16.5 Å². The first-order valence-corrected chi connectivity index (χ1v) is 7.14. The minimum Gasteiger partial charge on any atom is -0.477 e. The van der Waals surface area contributed by atoms with Gasteiger partial charge in [-0.25, -0.2) is 9.78 Å². The first-order valence-electron chi connectivity index (χ1n) is 6.32. The lowest BCUT2D eigenvalue weighted by Gasteiger charge is -2.06. The van der Waals surface area contributed by atoms with E-state index in [1.54, 1.807) is 0 Å². The van der Waals surface area contributed by atoms with E-state index in [0.29, 0.717) is 5.13 Å². The van der Waals surface area contributed by atoms with Crippen LogP contribution in [0.3, 0.4) is 0 Å². The Morgan fingerprint density at radius 3 is 2.90 bits per heavy atom. The Bertz CT molecular complexity index is 720. The number of nitro groups is 1. The Kier molecular flexibility index (Phi) is 3.30. The van der Waals surface area contributed by atoms with E-state index >= 15 is 0 Å². The summed E-state index contributed by atoms with van der Waals surface area (Å²) in [5, 5.41) is 23.7. The molecule has 0 spiro atoms. The summed E-state index contributed by atoms with van der Waals surface area (Å²) in [4.78, 5) is 27.2. The topological polar surface area (TPSA) is 105 Å². The van der Waals surface area contributed by atoms with Crippen molar-refractivity contribution in [1.82, 2.24) is 4.98 Å². The van der Waals surface area contributed by atoms with Crippen LogP contribution in [0.2, 0.25) is 0 Å². The third kappa shape index (κ3) is 2.45. The fourth-order valence-corrected chi connectivity index (χ4v) is 3.43. The average Bonchev–Trinajstić information content (AvgIpc) is 2.98. The number of carboxylic acid groups (broad SMARTS) is 1. The summed E-state index contributed by atoms with van der Waals surface area (Å²) in [7, 11) is 0. The van der Waals surface area contributed by atoms with Crippen molar-refractivity contribution in [3.8, 4) is 0 Å². The molecular weight excluding hydrogens is 294 g/mol. The molecular formula is C13H11N3O4S. The normalized spacial score (nSPS) is 13.0. The Morgan fingerprint density at radius 2 is 2.24 bits per heavy atom. The van der Waals surface area contributed by atoms with Crippen molar-refractivity contribution in [1.29, 1.82) is 0 Å². The molecule has 0 amide bonds. The largest absolute Gasteiger partial charge is 0.477 e. The van der Waals surface area contributed by atoms with E-state index in [1.807, 2.05) is 0 Å². The van der Waals surface area contributed by atoms with Gasteiger partial charge >= 0.3 is 11.7 Å². The zero-order chi connectivity index (χ0) is 15.0. The number of thiazole rings is 1. The molecule has 1 aliphatic carbocycles. The van der Waals surface area contributed by atoms with Crippen molar-refractivity contribution >= 4 is 33.8 Å². The van der Waals surface area contributed by atoms with Crippen molar-refractivity contribution in [2.45, 2.75) is 19.3 Å². The first-order chi connectivity index (χ1) is 10.1. The summed E-state index contributed by atoms with van der Waals surface area (Å²) in [6, 6.07) is 4.17. The number of carboxylic acids is 1. The number of nitrogens with one attached hydrogen (secondary N) is 1. The number of hydrogen-bond acceptors (Lipinski definition) is 6. The maximum absolute atomic E-state index is 11.2. The highest BCUT2D eigenvalue weighted by Crippen LogP contribution is 2.35. The molecule has 1 aromatic carbocycles. The van der Waals surface area contributed by atoms with Crippen LogP contribution in [-0.4, -0.2) is 21.0 Å². The Labute approximate surface area is 123 Å². The minimum atomic E-state index is -1.33. The number of nitrogens with zero attached hydrogens (tertiary/aromatic N) is 2. The predicted molar refractivity (Wildman–Crippen MR) is 77.5 cm³/mol. The van der Waals surface area contributed by atoms with Crippen LogP contribution in [0.5, 0.6) is 0 Å². The number of aryl methyl sites for hydroxylation is 2. The third-order valence-electron chi connectivity index (χ3n) is 3.29. The number of rotatable bonds is 4. The fourth-order valence-electron chi connectivity index (χ4n) is 2.37. The molecule has 0 bridgehead atoms. The van der Waals surface area contributed by atoms with Crippen LogP contribution in [-0.2, 0) is 12.8 Å². The van der Waals surface area contributed by atoms with E-state index in [2.05, 4.69) is 10.3 Å². The SMILES string of the molecule is O=C(O)c1cccc(Nc2nc3c(s2)CCC3)c1[N+](=O)[O-]. The monoisotopic (exact) mass is 305 g/mol. The van der Waals surface area contributed by atoms with Crippen LogP contribution in [0.25, 0.3) is 0 Å². The number of aromatic nitrogens is 1. The number of carbonyl (C=O) groups is 1. The molecule has 7 nitrogen and oxygen atoms in total. The Balaban J connectivity index is 1.99. The number of nitro benzene ring substituents is 1. The number of hydrogen-bond donors (Lipinski definition) is 2. The number of benzene rings is 1. The highest BCUT2D eigenvalue weighted by Gasteiger charge is 2.25. The predicted octanol–water partition coefficient (Wildman–Crippen LogP) is 2.98. The second-order valence-electron chi connectivity index (χ2n) is 4.63. The van der Waals surface area contributed by atoms with Gasteiger partial charge in [-0.15, -0.1) is 11.3 Å². The molecule has 0 atom stereocenters. The fraction of sp³-hybridized carbons (Fsp3) is 0.231. The van der Waals surface area contributed by atoms with Gasteiger partial charge in [-0.1, -0.05) is 6.07 Å². The summed E-state index contributed by atoms with van der Waals surface area (Å²) in [6.07, 6.45) is 2.99. The van der Waals surface area contributed by atoms with E-state index in [-0.39, 0.29) is 11.3 Å². The van der Waals surface area contributed by atoms with Crippen LogP contribution in [0.1, 0.15) is 27.3 Å². The highest BCUT2D eigenvalue weighted by atomic mass is 32.1. The summed E-state index contributed by atoms with van der Waals surface area (Å²) in [5.41, 5.74) is 0.390. The van der Waals surface area contributed by atoms with E-state index in [0.717, 1.165) is 25.0 Å². The van der Waals surface area contributed by atoms with E-state index < -0.39 is 16.6 Å². The number of para-hydroxylation sites is 1. The van der Waals surface area contributed by atoms with Crippen molar-refractivity contribution < 1.29 is 14.8 Å². The molecule has 2 N–H and O–H groups in total. The smallest absolute Gasteiger partial charge is 0.342 e. The van der Waals surface area contributed by atoms with Gasteiger partial charge in [0, 0.05) is 4.88 Å². The van der Waals surface area contributed by atoms with E-state index in [9.17, 15) is 14.9 Å². The molecule has 0 aliphatic heterocycles. The quantitative estimate of drug-likeness (QED) is 0.664. The molecule has 3 rings (SSSR count). The number of aromatic carboxylic acids is 1. The second kappa shape index (κ2) is 5.13. The van der Waals surface area contributed by atoms with Gasteiger partial charge < -0.3 is 10.4 Å². The molecule has 0 radical (unpaired) electrons. The summed E-state index contributed by atoms with van der Waals surface area (Å²) >= 11 is 1.46. The highest BCUT2D eigenvalue weighted by molar-refractivity contribution is 7.15. The molecule has 8 heteroatoms. The average molecular weight is 305 g/mol. The summed E-state index contributed by atoms with van der Waals surface area (Å²) < 4.78 is 0. The van der Waals surface area contributed by atoms with E-state index in [4.69, 9.17) is 5.11 Å². The van der Waals surface area contributed by atoms with Crippen molar-refractivity contribution in [2.75, 3.05) is 5.32 Å². The van der Waals surface area contributed by atoms with Gasteiger partial charge in [-0.05, 0) is 31.4 Å². The lowest BCUT2D eigenvalue weighted by molar-refractivity contribution is -0.384. The molecule has 2 aromatic rings. The van der Waals surface area contributed by atoms with Gasteiger partial charge in [0.25, 0.3) is 0 Å². The first kappa shape index (κ1) is 13.5. The van der Waals surface area contributed by atoms with Crippen molar-refractivity contribution in [3.63, 3.8) is 0 Å². The molecule has 0 unspecified atom stereocenters. The van der Waals surface area contributed by atoms with Gasteiger partial charge in [0.2, 0.25) is 0 Å². The van der Waals surface area contributed by atoms with Gasteiger partial charge in [-0.2, -0.15) is 0 Å². The Hall–Kier alpha value is -2.48. The lowest BCUT2D eigenvalue weighted by Crippen LogP contribution is -2.05. The molecule has 21 heavy (non-hydrogen) atoms. The van der Waals surface area contributed by atoms with Crippen LogP contribution in [0, 0.1) is 10.1 Å². The van der Waals surface area contributed by atoms with Gasteiger partial charge in [0.1, 0.15) is 11.3 Å². The van der Waals surface area contributed by atoms with E-state index in [1.165, 1.54) is 34.4 Å². The molecule has 0 saturated carbocycles. The molecule has 0 fully saturated rings. The Morgan fingerprint density at radius 1 is 1.43 bits per heavy atom. The van der Waals surface area contributed by atoms with Gasteiger partial charge in [0.15, 0.2) is 5.13 Å². The van der Waals surface area contributed by atoms with Crippen LogP contribution < -0.4 is 5.32 Å². The zero-order valence-corrected chi connectivity index (χ0v) is 11.6. The molecule has 1 aliphatic rings. The molecule has 1 aromatic heterocycles. The minimum absolute atomic E-state index is 0.146. The standard InChI is InChI=1S/C13H11N3O4S/c17-12(18)7-3-1-5-9(11(7)16(19)20)15-13-14-8-4-2-6-10(8)21-13/h1,3,5H,2,4,6H2,(H,14,15)(H,17,18).